The number of aromatic amines is 2. The molecule has 2 heterocycles. The van der Waals surface area contributed by atoms with Gasteiger partial charge in [-0.05, 0) is 49.4 Å². The van der Waals surface area contributed by atoms with Gasteiger partial charge in [-0.1, -0.05) is 24.3 Å². The van der Waals surface area contributed by atoms with Gasteiger partial charge in [0.25, 0.3) is 5.56 Å². The summed E-state index contributed by atoms with van der Waals surface area (Å²) in [6.45, 7) is 5.91. The number of hydrogen-bond acceptors (Lipinski definition) is 2. The lowest BCUT2D eigenvalue weighted by molar-refractivity contribution is 0.610. The van der Waals surface area contributed by atoms with Crippen LogP contribution in [0.1, 0.15) is 29.8 Å². The van der Waals surface area contributed by atoms with Gasteiger partial charge in [0.15, 0.2) is 0 Å². The highest BCUT2D eigenvalue weighted by Gasteiger charge is 2.18. The van der Waals surface area contributed by atoms with E-state index >= 15 is 0 Å². The monoisotopic (exact) mass is 369 g/mol. The average molecular weight is 370 g/mol. The molecule has 134 valence electrons. The summed E-state index contributed by atoms with van der Waals surface area (Å²) in [4.78, 5) is 30.6. The van der Waals surface area contributed by atoms with Crippen molar-refractivity contribution < 1.29 is 0 Å². The Morgan fingerprint density at radius 1 is 1.00 bits per heavy atom. The van der Waals surface area contributed by atoms with Crippen LogP contribution >= 0.6 is 12.4 Å². The van der Waals surface area contributed by atoms with Crippen molar-refractivity contribution in [3.05, 3.63) is 80.3 Å². The summed E-state index contributed by atoms with van der Waals surface area (Å²) in [5.41, 5.74) is 2.94. The molecule has 4 rings (SSSR count). The highest BCUT2D eigenvalue weighted by molar-refractivity contribution is 5.86. The first-order valence-electron chi connectivity index (χ1n) is 8.29. The van der Waals surface area contributed by atoms with E-state index in [-0.39, 0.29) is 24.0 Å². The fourth-order valence-corrected chi connectivity index (χ4v) is 3.48. The van der Waals surface area contributed by atoms with Gasteiger partial charge in [-0.15, -0.1) is 12.4 Å². The van der Waals surface area contributed by atoms with E-state index in [0.717, 1.165) is 27.6 Å². The smallest absolute Gasteiger partial charge is 0.329 e. The van der Waals surface area contributed by atoms with Gasteiger partial charge in [0, 0.05) is 17.3 Å². The van der Waals surface area contributed by atoms with Gasteiger partial charge in [-0.3, -0.25) is 14.3 Å². The van der Waals surface area contributed by atoms with E-state index < -0.39 is 5.69 Å². The van der Waals surface area contributed by atoms with Crippen molar-refractivity contribution in [1.82, 2.24) is 14.5 Å². The zero-order chi connectivity index (χ0) is 17.7. The number of aromatic nitrogens is 3. The normalized spacial score (nSPS) is 12.3. The largest absolute Gasteiger partial charge is 0.362 e. The molecule has 5 nitrogen and oxygen atoms in total. The minimum absolute atomic E-state index is 0. The van der Waals surface area contributed by atoms with E-state index in [9.17, 15) is 9.59 Å². The van der Waals surface area contributed by atoms with Crippen molar-refractivity contribution >= 4 is 34.1 Å². The molecule has 0 bridgehead atoms. The number of hydrogen-bond donors (Lipinski definition) is 2. The van der Waals surface area contributed by atoms with Crippen LogP contribution in [0, 0.1) is 13.8 Å². The molecule has 0 aliphatic rings. The number of aryl methyl sites for hydroxylation is 2. The molecule has 2 aromatic carbocycles. The molecule has 0 saturated heterocycles. The summed E-state index contributed by atoms with van der Waals surface area (Å²) < 4.78 is 1.65. The second-order valence-electron chi connectivity index (χ2n) is 6.55. The summed E-state index contributed by atoms with van der Waals surface area (Å²) in [6.07, 6.45) is 1.94. The zero-order valence-electron chi connectivity index (χ0n) is 14.8. The topological polar surface area (TPSA) is 70.7 Å². The maximum absolute atomic E-state index is 12.6. The summed E-state index contributed by atoms with van der Waals surface area (Å²) in [5.74, 6) is 0. The van der Waals surface area contributed by atoms with Crippen LogP contribution in [-0.4, -0.2) is 14.5 Å². The molecular formula is C20H20ClN3O2. The lowest BCUT2D eigenvalue weighted by atomic mass is 10.1. The number of rotatable bonds is 2. The number of benzene rings is 2. The van der Waals surface area contributed by atoms with Gasteiger partial charge in [0.1, 0.15) is 0 Å². The maximum atomic E-state index is 12.6. The molecule has 0 aliphatic heterocycles. The van der Waals surface area contributed by atoms with Crippen molar-refractivity contribution in [3.8, 4) is 0 Å². The van der Waals surface area contributed by atoms with Gasteiger partial charge in [-0.2, -0.15) is 0 Å². The third-order valence-electron chi connectivity index (χ3n) is 4.99. The molecule has 0 spiro atoms. The van der Waals surface area contributed by atoms with Gasteiger partial charge in [0.05, 0.1) is 16.9 Å². The van der Waals surface area contributed by atoms with Gasteiger partial charge in [0.2, 0.25) is 0 Å². The van der Waals surface area contributed by atoms with E-state index in [4.69, 9.17) is 0 Å². The Labute approximate surface area is 156 Å². The third kappa shape index (κ3) is 2.65. The summed E-state index contributed by atoms with van der Waals surface area (Å²) in [5, 5.41) is 2.70. The second-order valence-corrected chi connectivity index (χ2v) is 6.55. The minimum Gasteiger partial charge on any atom is -0.362 e. The van der Waals surface area contributed by atoms with Crippen molar-refractivity contribution in [2.75, 3.05) is 0 Å². The average Bonchev–Trinajstić information content (AvgIpc) is 3.01. The highest BCUT2D eigenvalue weighted by Crippen LogP contribution is 2.27. The Hall–Kier alpha value is -2.79. The number of nitrogens with one attached hydrogen (secondary N) is 2. The molecule has 1 atom stereocenters. The van der Waals surface area contributed by atoms with Crippen LogP contribution in [0.25, 0.3) is 21.7 Å². The Morgan fingerprint density at radius 2 is 1.69 bits per heavy atom. The van der Waals surface area contributed by atoms with Crippen LogP contribution in [0.2, 0.25) is 0 Å². The van der Waals surface area contributed by atoms with Gasteiger partial charge >= 0.3 is 5.69 Å². The van der Waals surface area contributed by atoms with Crippen LogP contribution < -0.4 is 11.2 Å². The highest BCUT2D eigenvalue weighted by atomic mass is 35.5. The van der Waals surface area contributed by atoms with Gasteiger partial charge in [-0.25, -0.2) is 4.79 Å². The quantitative estimate of drug-likeness (QED) is 0.564. The Morgan fingerprint density at radius 3 is 2.46 bits per heavy atom. The molecule has 1 unspecified atom stereocenters. The second kappa shape index (κ2) is 6.50. The fraction of sp³-hybridized carbons (Fsp3) is 0.200. The molecule has 2 aromatic heterocycles. The van der Waals surface area contributed by atoms with Crippen molar-refractivity contribution in [3.63, 3.8) is 0 Å². The van der Waals surface area contributed by atoms with Crippen LogP contribution in [-0.2, 0) is 0 Å². The Kier molecular flexibility index (Phi) is 4.50. The molecule has 0 radical (unpaired) electrons. The Balaban J connectivity index is 0.00000196. The molecule has 4 aromatic rings. The molecule has 0 amide bonds. The number of halogens is 1. The first-order valence-corrected chi connectivity index (χ1v) is 8.29. The van der Waals surface area contributed by atoms with Crippen LogP contribution in [0.3, 0.4) is 0 Å². The van der Waals surface area contributed by atoms with Crippen LogP contribution in [0.5, 0.6) is 0 Å². The number of fused-ring (bicyclic) bond motifs is 2. The molecule has 6 heteroatoms. The first-order chi connectivity index (χ1) is 12.0. The lowest BCUT2D eigenvalue weighted by Crippen LogP contribution is -2.32. The van der Waals surface area contributed by atoms with E-state index in [2.05, 4.69) is 9.97 Å². The summed E-state index contributed by atoms with van der Waals surface area (Å²) >= 11 is 0. The van der Waals surface area contributed by atoms with E-state index in [1.165, 1.54) is 0 Å². The van der Waals surface area contributed by atoms with E-state index in [1.807, 2.05) is 63.4 Å². The number of nitrogens with zero attached hydrogens (tertiary/aromatic N) is 1. The van der Waals surface area contributed by atoms with Crippen LogP contribution in [0.15, 0.2) is 52.2 Å². The summed E-state index contributed by atoms with van der Waals surface area (Å²) in [6, 6.07) is 11.6. The molecule has 2 N–H and O–H groups in total. The maximum Gasteiger partial charge on any atom is 0.329 e. The zero-order valence-corrected chi connectivity index (χ0v) is 15.6. The molecule has 0 saturated carbocycles. The fourth-order valence-electron chi connectivity index (χ4n) is 3.48. The molecule has 26 heavy (non-hydrogen) atoms. The minimum atomic E-state index is -0.396. The first kappa shape index (κ1) is 18.0. The van der Waals surface area contributed by atoms with Crippen molar-refractivity contribution in [2.24, 2.45) is 0 Å². The van der Waals surface area contributed by atoms with Gasteiger partial charge < -0.3 is 4.98 Å². The Bertz CT molecular complexity index is 1230. The third-order valence-corrected chi connectivity index (χ3v) is 4.99. The van der Waals surface area contributed by atoms with Crippen LogP contribution in [0.4, 0.5) is 0 Å². The predicted molar refractivity (Wildman–Crippen MR) is 108 cm³/mol. The molecule has 0 aliphatic carbocycles. The summed E-state index contributed by atoms with van der Waals surface area (Å²) in [7, 11) is 0. The SMILES string of the molecule is Cc1cc2c(=O)[nH]c(=O)n(C(C)c3[nH]cc4ccccc34)c2cc1C.Cl. The molecular weight excluding hydrogens is 350 g/mol. The predicted octanol–water partition coefficient (Wildman–Crippen LogP) is 3.82. The van der Waals surface area contributed by atoms with E-state index in [1.54, 1.807) is 4.57 Å². The lowest BCUT2D eigenvalue weighted by Gasteiger charge is -2.18. The van der Waals surface area contributed by atoms with E-state index in [0.29, 0.717) is 10.9 Å². The van der Waals surface area contributed by atoms with Crippen molar-refractivity contribution in [1.29, 1.82) is 0 Å². The number of H-pyrrole nitrogens is 2. The molecule has 0 fully saturated rings. The van der Waals surface area contributed by atoms with Crippen molar-refractivity contribution in [2.45, 2.75) is 26.8 Å². The standard InChI is InChI=1S/C20H19N3O2.ClH/c1-11-8-16-17(9-12(11)2)23(20(25)22-19(16)24)13(3)18-15-7-5-4-6-14(15)10-21-18;/h4-10,13,21H,1-3H3,(H,22,24,25);1H.